The number of fused-ring (bicyclic) bond motifs is 8. The van der Waals surface area contributed by atoms with E-state index in [4.69, 9.17) is 14.2 Å². The van der Waals surface area contributed by atoms with E-state index in [0.29, 0.717) is 42.9 Å². The zero-order chi connectivity index (χ0) is 34.1. The first-order valence-corrected chi connectivity index (χ1v) is 16.6. The maximum atomic E-state index is 12.0. The summed E-state index contributed by atoms with van der Waals surface area (Å²) in [7, 11) is 5.00. The van der Waals surface area contributed by atoms with Crippen molar-refractivity contribution in [3.05, 3.63) is 159 Å². The van der Waals surface area contributed by atoms with E-state index < -0.39 is 0 Å². The molecule has 5 nitrogen and oxygen atoms in total. The molecule has 0 saturated heterocycles. The maximum Gasteiger partial charge on any atom is 0.125 e. The molecule has 0 saturated carbocycles. The Morgan fingerprint density at radius 3 is 1.24 bits per heavy atom. The van der Waals surface area contributed by atoms with E-state index in [1.165, 1.54) is 0 Å². The van der Waals surface area contributed by atoms with Gasteiger partial charge in [-0.25, -0.2) is 0 Å². The molecular formula is C44H40O5. The van der Waals surface area contributed by atoms with Crippen molar-refractivity contribution in [3.8, 4) is 51.0 Å². The van der Waals surface area contributed by atoms with E-state index in [0.717, 1.165) is 72.3 Å². The summed E-state index contributed by atoms with van der Waals surface area (Å²) in [4.78, 5) is 0. The van der Waals surface area contributed by atoms with Gasteiger partial charge in [-0.1, -0.05) is 78.4 Å². The van der Waals surface area contributed by atoms with Gasteiger partial charge in [0.1, 0.15) is 28.7 Å². The lowest BCUT2D eigenvalue weighted by Crippen LogP contribution is -2.05. The smallest absolute Gasteiger partial charge is 0.125 e. The Hall–Kier alpha value is -5.68. The molecule has 1 aliphatic carbocycles. The second-order valence-electron chi connectivity index (χ2n) is 12.8. The number of phenols is 2. The average Bonchev–Trinajstić information content (AvgIpc) is 3.11. The summed E-state index contributed by atoms with van der Waals surface area (Å²) in [5.74, 6) is 2.57. The average molecular weight is 649 g/mol. The number of aryl methyl sites for hydroxylation is 1. The van der Waals surface area contributed by atoms with Crippen LogP contribution in [0.2, 0.25) is 0 Å². The van der Waals surface area contributed by atoms with Gasteiger partial charge in [-0.05, 0) is 87.8 Å². The summed E-state index contributed by atoms with van der Waals surface area (Å²) in [6, 6.07) is 36.9. The monoisotopic (exact) mass is 648 g/mol. The highest BCUT2D eigenvalue weighted by molar-refractivity contribution is 5.74. The van der Waals surface area contributed by atoms with Crippen molar-refractivity contribution in [2.75, 3.05) is 21.3 Å². The lowest BCUT2D eigenvalue weighted by atomic mass is 9.85. The molecule has 49 heavy (non-hydrogen) atoms. The summed E-state index contributed by atoms with van der Waals surface area (Å²) >= 11 is 0. The van der Waals surface area contributed by atoms with E-state index in [1.54, 1.807) is 21.3 Å². The van der Waals surface area contributed by atoms with Crippen LogP contribution >= 0.6 is 0 Å². The predicted molar refractivity (Wildman–Crippen MR) is 196 cm³/mol. The summed E-state index contributed by atoms with van der Waals surface area (Å²) in [6.45, 7) is 2.09. The van der Waals surface area contributed by atoms with Crippen LogP contribution < -0.4 is 14.2 Å². The van der Waals surface area contributed by atoms with Crippen molar-refractivity contribution in [1.82, 2.24) is 0 Å². The highest BCUT2D eigenvalue weighted by Gasteiger charge is 2.23. The molecule has 6 aromatic carbocycles. The van der Waals surface area contributed by atoms with Crippen molar-refractivity contribution in [3.63, 3.8) is 0 Å². The molecule has 7 rings (SSSR count). The van der Waals surface area contributed by atoms with Gasteiger partial charge in [-0.2, -0.15) is 0 Å². The van der Waals surface area contributed by atoms with E-state index >= 15 is 0 Å². The molecule has 0 amide bonds. The normalized spacial score (nSPS) is 12.3. The zero-order valence-corrected chi connectivity index (χ0v) is 28.3. The molecule has 6 aromatic rings. The minimum atomic E-state index is 0.247. The van der Waals surface area contributed by atoms with Crippen molar-refractivity contribution in [2.45, 2.75) is 32.6 Å². The van der Waals surface area contributed by atoms with Crippen LogP contribution in [0.3, 0.4) is 0 Å². The molecule has 8 bridgehead atoms. The number of rotatable bonds is 5. The number of ether oxygens (including phenoxy) is 3. The van der Waals surface area contributed by atoms with Crippen molar-refractivity contribution < 1.29 is 24.4 Å². The van der Waals surface area contributed by atoms with E-state index in [9.17, 15) is 10.2 Å². The predicted octanol–water partition coefficient (Wildman–Crippen LogP) is 9.44. The van der Waals surface area contributed by atoms with Crippen LogP contribution in [0.1, 0.15) is 50.1 Å². The van der Waals surface area contributed by atoms with E-state index in [2.05, 4.69) is 55.5 Å². The van der Waals surface area contributed by atoms with Gasteiger partial charge in [0, 0.05) is 47.9 Å². The quantitative estimate of drug-likeness (QED) is 0.195. The SMILES string of the molecule is COc1cc2c(O)c(c1)Cc1cc(C)cc(c1-c1ccccc1)Cc1cc(OC)cc(c1O)Cc1cc(-c3ccccc3)cc(c1OC)C2. The van der Waals surface area contributed by atoms with E-state index in [1.807, 2.05) is 60.7 Å². The molecule has 1 aliphatic rings. The second kappa shape index (κ2) is 13.4. The fraction of sp³-hybridized carbons (Fsp3) is 0.182. The van der Waals surface area contributed by atoms with Crippen molar-refractivity contribution >= 4 is 0 Å². The molecule has 0 spiro atoms. The third kappa shape index (κ3) is 6.32. The maximum absolute atomic E-state index is 12.0. The summed E-state index contributed by atoms with van der Waals surface area (Å²) in [5, 5.41) is 24.0. The highest BCUT2D eigenvalue weighted by atomic mass is 16.5. The lowest BCUT2D eigenvalue weighted by molar-refractivity contribution is 0.402. The van der Waals surface area contributed by atoms with Crippen LogP contribution in [0.4, 0.5) is 0 Å². The fourth-order valence-corrected chi connectivity index (χ4v) is 7.32. The van der Waals surface area contributed by atoms with Gasteiger partial charge < -0.3 is 24.4 Å². The van der Waals surface area contributed by atoms with Crippen molar-refractivity contribution in [1.29, 1.82) is 0 Å². The van der Waals surface area contributed by atoms with Crippen molar-refractivity contribution in [2.24, 2.45) is 0 Å². The molecule has 0 heterocycles. The lowest BCUT2D eigenvalue weighted by Gasteiger charge is -2.22. The molecule has 0 radical (unpaired) electrons. The van der Waals surface area contributed by atoms with Crippen LogP contribution in [-0.4, -0.2) is 31.5 Å². The summed E-state index contributed by atoms with van der Waals surface area (Å²) < 4.78 is 17.8. The Balaban J connectivity index is 1.54. The van der Waals surface area contributed by atoms with Gasteiger partial charge in [-0.3, -0.25) is 0 Å². The molecule has 0 unspecified atom stereocenters. The Morgan fingerprint density at radius 2 is 0.837 bits per heavy atom. The summed E-state index contributed by atoms with van der Waals surface area (Å²) in [5.41, 5.74) is 12.4. The molecular weight excluding hydrogens is 608 g/mol. The number of hydrogen-bond acceptors (Lipinski definition) is 5. The topological polar surface area (TPSA) is 68.2 Å². The molecule has 2 N–H and O–H groups in total. The summed E-state index contributed by atoms with van der Waals surface area (Å²) in [6.07, 6.45) is 1.78. The Bertz CT molecular complexity index is 2040. The van der Waals surface area contributed by atoms with Gasteiger partial charge >= 0.3 is 0 Å². The zero-order valence-electron chi connectivity index (χ0n) is 28.3. The van der Waals surface area contributed by atoms with Crippen LogP contribution in [0.5, 0.6) is 28.7 Å². The first kappa shape index (κ1) is 31.9. The molecule has 0 atom stereocenters. The minimum absolute atomic E-state index is 0.247. The first-order valence-electron chi connectivity index (χ1n) is 16.6. The molecule has 0 aromatic heterocycles. The Labute approximate surface area is 288 Å². The third-order valence-electron chi connectivity index (χ3n) is 9.54. The van der Waals surface area contributed by atoms with Gasteiger partial charge in [0.05, 0.1) is 21.3 Å². The molecule has 0 aliphatic heterocycles. The largest absolute Gasteiger partial charge is 0.507 e. The molecule has 246 valence electrons. The van der Waals surface area contributed by atoms with Crippen LogP contribution in [0.15, 0.2) is 109 Å². The van der Waals surface area contributed by atoms with Gasteiger partial charge in [0.2, 0.25) is 0 Å². The van der Waals surface area contributed by atoms with Crippen LogP contribution in [0, 0.1) is 6.92 Å². The standard InChI is InChI=1S/C44H40O5/c1-27-15-31-19-33-23-39(47-2)25-35(42(33)45)21-37-17-30(28-11-7-5-8-12-28)18-38(44(37)49-4)22-36-26-40(48-3)24-34(43(36)46)20-32(16-27)41(31)29-13-9-6-10-14-29/h5-18,23-26,45-46H,19-22H2,1-4H3. The Morgan fingerprint density at radius 1 is 0.429 bits per heavy atom. The molecule has 0 fully saturated rings. The second-order valence-corrected chi connectivity index (χ2v) is 12.8. The third-order valence-corrected chi connectivity index (χ3v) is 9.54. The van der Waals surface area contributed by atoms with E-state index in [-0.39, 0.29) is 11.5 Å². The number of hydrogen-bond donors (Lipinski definition) is 2. The number of phenolic OH excluding ortho intramolecular Hbond substituents is 2. The van der Waals surface area contributed by atoms with Gasteiger partial charge in [0.15, 0.2) is 0 Å². The number of aromatic hydroxyl groups is 2. The number of methoxy groups -OCH3 is 3. The fourth-order valence-electron chi connectivity index (χ4n) is 7.32. The first-order chi connectivity index (χ1) is 23.8. The number of benzene rings is 6. The Kier molecular flexibility index (Phi) is 8.75. The molecule has 5 heteroatoms. The highest BCUT2D eigenvalue weighted by Crippen LogP contribution is 2.42. The van der Waals surface area contributed by atoms with Gasteiger partial charge in [0.25, 0.3) is 0 Å². The van der Waals surface area contributed by atoms with Crippen LogP contribution in [-0.2, 0) is 25.7 Å². The van der Waals surface area contributed by atoms with Gasteiger partial charge in [-0.15, -0.1) is 0 Å². The van der Waals surface area contributed by atoms with Crippen LogP contribution in [0.25, 0.3) is 22.3 Å². The minimum Gasteiger partial charge on any atom is -0.507 e.